The second-order valence-corrected chi connectivity index (χ2v) is 6.81. The number of hydrogen-bond donors (Lipinski definition) is 1. The quantitative estimate of drug-likeness (QED) is 0.663. The molecule has 24 heavy (non-hydrogen) atoms. The van der Waals surface area contributed by atoms with Gasteiger partial charge in [-0.2, -0.15) is 0 Å². The van der Waals surface area contributed by atoms with Crippen molar-refractivity contribution in [3.05, 3.63) is 52.9 Å². The van der Waals surface area contributed by atoms with Crippen LogP contribution in [-0.2, 0) is 0 Å². The number of ether oxygens (including phenoxy) is 2. The molecule has 0 saturated heterocycles. The second-order valence-electron chi connectivity index (χ2n) is 5.76. The summed E-state index contributed by atoms with van der Waals surface area (Å²) >= 11 is 1.20. The van der Waals surface area contributed by atoms with Crippen LogP contribution in [-0.4, -0.2) is 18.2 Å². The summed E-state index contributed by atoms with van der Waals surface area (Å²) in [6.45, 7) is 4.21. The first-order valence-corrected chi connectivity index (χ1v) is 8.43. The largest absolute Gasteiger partial charge is 0.497 e. The van der Waals surface area contributed by atoms with Gasteiger partial charge in [0, 0.05) is 10.1 Å². The van der Waals surface area contributed by atoms with Gasteiger partial charge in [0.2, 0.25) is 0 Å². The van der Waals surface area contributed by atoms with Gasteiger partial charge in [-0.05, 0) is 41.8 Å². The molecule has 1 N–H and O–H groups in total. The third-order valence-electron chi connectivity index (χ3n) is 3.79. The second kappa shape index (κ2) is 6.53. The molecule has 0 aliphatic rings. The smallest absolute Gasteiger partial charge is 0.349 e. The number of aromatic carboxylic acids is 1. The van der Waals surface area contributed by atoms with E-state index in [4.69, 9.17) is 9.47 Å². The van der Waals surface area contributed by atoms with E-state index in [0.717, 1.165) is 15.6 Å². The van der Waals surface area contributed by atoms with E-state index in [1.54, 1.807) is 13.2 Å². The highest BCUT2D eigenvalue weighted by Crippen LogP contribution is 2.42. The van der Waals surface area contributed by atoms with Gasteiger partial charge in [-0.15, -0.1) is 11.3 Å². The Morgan fingerprint density at radius 1 is 1.12 bits per heavy atom. The Morgan fingerprint density at radius 2 is 1.92 bits per heavy atom. The molecule has 0 amide bonds. The SMILES string of the molecule is COc1ccc2sc(C(=O)O)c(Oc3cccc(C(C)C)c3)c2c1. The highest BCUT2D eigenvalue weighted by atomic mass is 32.1. The van der Waals surface area contributed by atoms with E-state index in [1.165, 1.54) is 11.3 Å². The van der Waals surface area contributed by atoms with Gasteiger partial charge in [0.05, 0.1) is 7.11 Å². The molecule has 0 atom stereocenters. The van der Waals surface area contributed by atoms with E-state index in [-0.39, 0.29) is 4.88 Å². The van der Waals surface area contributed by atoms with Crippen LogP contribution < -0.4 is 9.47 Å². The van der Waals surface area contributed by atoms with E-state index in [0.29, 0.717) is 23.2 Å². The van der Waals surface area contributed by atoms with Crippen molar-refractivity contribution in [3.8, 4) is 17.2 Å². The molecule has 0 saturated carbocycles. The van der Waals surface area contributed by atoms with Crippen LogP contribution in [0, 0.1) is 0 Å². The number of benzene rings is 2. The number of carboxylic acids is 1. The van der Waals surface area contributed by atoms with Crippen molar-refractivity contribution in [3.63, 3.8) is 0 Å². The van der Waals surface area contributed by atoms with Gasteiger partial charge in [0.15, 0.2) is 10.6 Å². The van der Waals surface area contributed by atoms with Gasteiger partial charge in [0.1, 0.15) is 11.5 Å². The summed E-state index contributed by atoms with van der Waals surface area (Å²) in [7, 11) is 1.58. The predicted molar refractivity (Wildman–Crippen MR) is 95.9 cm³/mol. The van der Waals surface area contributed by atoms with Crippen LogP contribution in [0.1, 0.15) is 35.0 Å². The number of thiophene rings is 1. The maximum absolute atomic E-state index is 11.6. The van der Waals surface area contributed by atoms with Gasteiger partial charge in [-0.1, -0.05) is 26.0 Å². The Balaban J connectivity index is 2.11. The van der Waals surface area contributed by atoms with Gasteiger partial charge < -0.3 is 14.6 Å². The van der Waals surface area contributed by atoms with Crippen molar-refractivity contribution >= 4 is 27.4 Å². The first-order chi connectivity index (χ1) is 11.5. The molecule has 3 aromatic rings. The summed E-state index contributed by atoms with van der Waals surface area (Å²) in [5.74, 6) is 1.03. The summed E-state index contributed by atoms with van der Waals surface area (Å²) in [5, 5.41) is 10.3. The number of carboxylic acid groups (broad SMARTS) is 1. The van der Waals surface area contributed by atoms with E-state index in [1.807, 2.05) is 36.4 Å². The lowest BCUT2D eigenvalue weighted by Crippen LogP contribution is -1.96. The van der Waals surface area contributed by atoms with Crippen molar-refractivity contribution in [2.45, 2.75) is 19.8 Å². The Hall–Kier alpha value is -2.53. The molecule has 1 heterocycles. The number of rotatable bonds is 5. The molecule has 0 aliphatic carbocycles. The molecule has 5 heteroatoms. The highest BCUT2D eigenvalue weighted by Gasteiger charge is 2.20. The van der Waals surface area contributed by atoms with Crippen LogP contribution >= 0.6 is 11.3 Å². The Morgan fingerprint density at radius 3 is 2.58 bits per heavy atom. The summed E-state index contributed by atoms with van der Waals surface area (Å²) in [4.78, 5) is 11.8. The summed E-state index contributed by atoms with van der Waals surface area (Å²) < 4.78 is 12.1. The molecule has 3 rings (SSSR count). The van der Waals surface area contributed by atoms with E-state index in [9.17, 15) is 9.90 Å². The zero-order valence-electron chi connectivity index (χ0n) is 13.7. The fraction of sp³-hybridized carbons (Fsp3) is 0.211. The molecule has 4 nitrogen and oxygen atoms in total. The third-order valence-corrected chi connectivity index (χ3v) is 4.93. The van der Waals surface area contributed by atoms with Crippen LogP contribution in [0.2, 0.25) is 0 Å². The van der Waals surface area contributed by atoms with Crippen molar-refractivity contribution in [2.24, 2.45) is 0 Å². The third kappa shape index (κ3) is 3.08. The van der Waals surface area contributed by atoms with Gasteiger partial charge >= 0.3 is 5.97 Å². The first-order valence-electron chi connectivity index (χ1n) is 7.61. The Labute approximate surface area is 144 Å². The number of hydrogen-bond acceptors (Lipinski definition) is 4. The van der Waals surface area contributed by atoms with E-state index < -0.39 is 5.97 Å². The number of carbonyl (C=O) groups is 1. The van der Waals surface area contributed by atoms with Crippen LogP contribution in [0.3, 0.4) is 0 Å². The van der Waals surface area contributed by atoms with Crippen molar-refractivity contribution in [1.82, 2.24) is 0 Å². The van der Waals surface area contributed by atoms with E-state index >= 15 is 0 Å². The molecule has 0 radical (unpaired) electrons. The molecule has 0 aliphatic heterocycles. The fourth-order valence-corrected chi connectivity index (χ4v) is 3.43. The Kier molecular flexibility index (Phi) is 4.44. The minimum absolute atomic E-state index is 0.188. The molecule has 0 bridgehead atoms. The van der Waals surface area contributed by atoms with Gasteiger partial charge in [-0.25, -0.2) is 4.79 Å². The van der Waals surface area contributed by atoms with Crippen LogP contribution in [0.15, 0.2) is 42.5 Å². The summed E-state index contributed by atoms with van der Waals surface area (Å²) in [5.41, 5.74) is 1.14. The maximum atomic E-state index is 11.6. The molecular formula is C19H18O4S. The minimum Gasteiger partial charge on any atom is -0.497 e. The minimum atomic E-state index is -0.995. The number of methoxy groups -OCH3 is 1. The average molecular weight is 342 g/mol. The van der Waals surface area contributed by atoms with Crippen molar-refractivity contribution in [2.75, 3.05) is 7.11 Å². The first kappa shape index (κ1) is 16.3. The zero-order valence-corrected chi connectivity index (χ0v) is 14.5. The summed E-state index contributed by atoms with van der Waals surface area (Å²) in [6.07, 6.45) is 0. The normalized spacial score (nSPS) is 11.0. The monoisotopic (exact) mass is 342 g/mol. The van der Waals surface area contributed by atoms with Crippen molar-refractivity contribution < 1.29 is 19.4 Å². The van der Waals surface area contributed by atoms with E-state index in [2.05, 4.69) is 13.8 Å². The zero-order chi connectivity index (χ0) is 17.3. The van der Waals surface area contributed by atoms with Crippen LogP contribution in [0.4, 0.5) is 0 Å². The van der Waals surface area contributed by atoms with Crippen molar-refractivity contribution in [1.29, 1.82) is 0 Å². The molecule has 1 aromatic heterocycles. The average Bonchev–Trinajstić information content (AvgIpc) is 2.93. The van der Waals surface area contributed by atoms with Crippen LogP contribution in [0.5, 0.6) is 17.2 Å². The van der Waals surface area contributed by atoms with Gasteiger partial charge in [-0.3, -0.25) is 0 Å². The molecule has 2 aromatic carbocycles. The fourth-order valence-electron chi connectivity index (χ4n) is 2.48. The molecule has 0 spiro atoms. The molecular weight excluding hydrogens is 324 g/mol. The highest BCUT2D eigenvalue weighted by molar-refractivity contribution is 7.21. The lowest BCUT2D eigenvalue weighted by Gasteiger charge is -2.10. The standard InChI is InChI=1S/C19H18O4S/c1-11(2)12-5-4-6-14(9-12)23-17-15-10-13(22-3)7-8-16(15)24-18(17)19(20)21/h4-11H,1-3H3,(H,20,21). The van der Waals surface area contributed by atoms with Gasteiger partial charge in [0.25, 0.3) is 0 Å². The Bertz CT molecular complexity index is 896. The topological polar surface area (TPSA) is 55.8 Å². The lowest BCUT2D eigenvalue weighted by molar-refractivity contribution is 0.0700. The molecule has 124 valence electrons. The van der Waals surface area contributed by atoms with Crippen LogP contribution in [0.25, 0.3) is 10.1 Å². The number of fused-ring (bicyclic) bond motifs is 1. The lowest BCUT2D eigenvalue weighted by atomic mass is 10.0. The maximum Gasteiger partial charge on any atom is 0.349 e. The molecule has 0 fully saturated rings. The summed E-state index contributed by atoms with van der Waals surface area (Å²) in [6, 6.07) is 13.2. The molecule has 0 unspecified atom stereocenters. The predicted octanol–water partition coefficient (Wildman–Crippen LogP) is 5.52.